The van der Waals surface area contributed by atoms with Crippen LogP contribution < -0.4 is 4.90 Å². The second-order valence-corrected chi connectivity index (χ2v) is 5.32. The quantitative estimate of drug-likeness (QED) is 0.794. The number of methoxy groups -OCH3 is 1. The average Bonchev–Trinajstić information content (AvgIpc) is 2.47. The zero-order chi connectivity index (χ0) is 14.5. The van der Waals surface area contributed by atoms with Crippen molar-refractivity contribution >= 4 is 11.7 Å². The molecule has 0 saturated carbocycles. The highest BCUT2D eigenvalue weighted by atomic mass is 16.5. The third-order valence-corrected chi connectivity index (χ3v) is 3.99. The number of piperidine rings is 1. The Kier molecular flexibility index (Phi) is 4.62. The van der Waals surface area contributed by atoms with Crippen LogP contribution in [0.4, 0.5) is 5.69 Å². The summed E-state index contributed by atoms with van der Waals surface area (Å²) < 4.78 is 4.72. The summed E-state index contributed by atoms with van der Waals surface area (Å²) in [6, 6.07) is 8.15. The maximum absolute atomic E-state index is 11.3. The molecule has 4 heteroatoms. The minimum atomic E-state index is -0.113. The highest BCUT2D eigenvalue weighted by Crippen LogP contribution is 2.26. The summed E-state index contributed by atoms with van der Waals surface area (Å²) in [5, 5.41) is 8.95. The molecular weight excluding hydrogens is 252 g/mol. The summed E-state index contributed by atoms with van der Waals surface area (Å²) in [4.78, 5) is 13.6. The molecule has 2 rings (SSSR count). The third kappa shape index (κ3) is 3.30. The Bertz CT molecular complexity index is 526. The topological polar surface area (TPSA) is 53.3 Å². The summed E-state index contributed by atoms with van der Waals surface area (Å²) in [5.41, 5.74) is 2.91. The number of anilines is 1. The number of aryl methyl sites for hydroxylation is 1. The third-order valence-electron chi connectivity index (χ3n) is 3.99. The van der Waals surface area contributed by atoms with Crippen molar-refractivity contribution in [2.24, 2.45) is 5.92 Å². The predicted molar refractivity (Wildman–Crippen MR) is 77.5 cm³/mol. The SMILES string of the molecule is COC(=O)CC1CCN(c2ccc(C#N)c(C)c2)CC1. The summed E-state index contributed by atoms with van der Waals surface area (Å²) in [5.74, 6) is 0.316. The standard InChI is InChI=1S/C16H20N2O2/c1-12-9-15(4-3-14(12)11-17)18-7-5-13(6-8-18)10-16(19)20-2/h3-4,9,13H,5-8,10H2,1-2H3. The van der Waals surface area contributed by atoms with Crippen LogP contribution >= 0.6 is 0 Å². The fraction of sp³-hybridized carbons (Fsp3) is 0.500. The first-order chi connectivity index (χ1) is 9.63. The van der Waals surface area contributed by atoms with Crippen molar-refractivity contribution in [3.63, 3.8) is 0 Å². The largest absolute Gasteiger partial charge is 0.469 e. The molecule has 1 fully saturated rings. The minimum absolute atomic E-state index is 0.113. The normalized spacial score (nSPS) is 15.8. The zero-order valence-corrected chi connectivity index (χ0v) is 12.1. The van der Waals surface area contributed by atoms with Gasteiger partial charge in [-0.3, -0.25) is 4.79 Å². The van der Waals surface area contributed by atoms with Crippen LogP contribution in [-0.4, -0.2) is 26.2 Å². The second kappa shape index (κ2) is 6.42. The van der Waals surface area contributed by atoms with E-state index >= 15 is 0 Å². The van der Waals surface area contributed by atoms with E-state index in [1.54, 1.807) is 0 Å². The predicted octanol–water partition coefficient (Wildman–Crippen LogP) is 2.65. The Morgan fingerprint density at radius 1 is 1.45 bits per heavy atom. The van der Waals surface area contributed by atoms with E-state index in [9.17, 15) is 4.79 Å². The lowest BCUT2D eigenvalue weighted by molar-refractivity contribution is -0.141. The highest BCUT2D eigenvalue weighted by Gasteiger charge is 2.22. The maximum atomic E-state index is 11.3. The molecule has 0 aliphatic carbocycles. The molecule has 1 heterocycles. The van der Waals surface area contributed by atoms with Gasteiger partial charge in [-0.05, 0) is 49.4 Å². The van der Waals surface area contributed by atoms with Crippen LogP contribution in [-0.2, 0) is 9.53 Å². The van der Waals surface area contributed by atoms with Gasteiger partial charge in [-0.15, -0.1) is 0 Å². The second-order valence-electron chi connectivity index (χ2n) is 5.32. The first-order valence-corrected chi connectivity index (χ1v) is 6.96. The molecule has 1 saturated heterocycles. The van der Waals surface area contributed by atoms with Crippen molar-refractivity contribution in [1.82, 2.24) is 0 Å². The molecule has 20 heavy (non-hydrogen) atoms. The first-order valence-electron chi connectivity index (χ1n) is 6.96. The summed E-state index contributed by atoms with van der Waals surface area (Å²) in [7, 11) is 1.44. The molecule has 0 N–H and O–H groups in total. The molecule has 0 unspecified atom stereocenters. The summed E-state index contributed by atoms with van der Waals surface area (Å²) in [6.07, 6.45) is 2.54. The number of nitrogens with zero attached hydrogens (tertiary/aromatic N) is 2. The minimum Gasteiger partial charge on any atom is -0.469 e. The van der Waals surface area contributed by atoms with Gasteiger partial charge in [0.2, 0.25) is 0 Å². The number of carbonyl (C=O) groups is 1. The molecule has 1 aliphatic heterocycles. The van der Waals surface area contributed by atoms with Crippen molar-refractivity contribution in [3.05, 3.63) is 29.3 Å². The molecule has 0 radical (unpaired) electrons. The molecule has 0 atom stereocenters. The highest BCUT2D eigenvalue weighted by molar-refractivity contribution is 5.69. The van der Waals surface area contributed by atoms with Gasteiger partial charge < -0.3 is 9.64 Å². The first kappa shape index (κ1) is 14.4. The van der Waals surface area contributed by atoms with E-state index in [0.717, 1.165) is 42.7 Å². The Hall–Kier alpha value is -2.02. The number of esters is 1. The number of nitriles is 1. The smallest absolute Gasteiger partial charge is 0.305 e. The molecule has 1 aromatic carbocycles. The van der Waals surface area contributed by atoms with Crippen molar-refractivity contribution in [2.45, 2.75) is 26.2 Å². The van der Waals surface area contributed by atoms with Gasteiger partial charge in [-0.25, -0.2) is 0 Å². The molecule has 0 amide bonds. The van der Waals surface area contributed by atoms with Gasteiger partial charge in [0.25, 0.3) is 0 Å². The van der Waals surface area contributed by atoms with Crippen molar-refractivity contribution in [1.29, 1.82) is 5.26 Å². The number of rotatable bonds is 3. The van der Waals surface area contributed by atoms with Crippen LogP contribution in [0.1, 0.15) is 30.4 Å². The van der Waals surface area contributed by atoms with E-state index in [0.29, 0.717) is 12.3 Å². The van der Waals surface area contributed by atoms with Crippen LogP contribution in [0, 0.1) is 24.2 Å². The van der Waals surface area contributed by atoms with E-state index < -0.39 is 0 Å². The van der Waals surface area contributed by atoms with Crippen LogP contribution in [0.15, 0.2) is 18.2 Å². The number of hydrogen-bond donors (Lipinski definition) is 0. The lowest BCUT2D eigenvalue weighted by atomic mass is 9.93. The Morgan fingerprint density at radius 2 is 2.15 bits per heavy atom. The number of carbonyl (C=O) groups excluding carboxylic acids is 1. The van der Waals surface area contributed by atoms with Gasteiger partial charge >= 0.3 is 5.97 Å². The lowest BCUT2D eigenvalue weighted by Gasteiger charge is -2.33. The van der Waals surface area contributed by atoms with Crippen LogP contribution in [0.3, 0.4) is 0 Å². The van der Waals surface area contributed by atoms with Gasteiger partial charge in [0.1, 0.15) is 0 Å². The van der Waals surface area contributed by atoms with E-state index in [1.807, 2.05) is 19.1 Å². The number of hydrogen-bond acceptors (Lipinski definition) is 4. The lowest BCUT2D eigenvalue weighted by Crippen LogP contribution is -2.34. The van der Waals surface area contributed by atoms with Crippen LogP contribution in [0.5, 0.6) is 0 Å². The van der Waals surface area contributed by atoms with Gasteiger partial charge in [0.15, 0.2) is 0 Å². The van der Waals surface area contributed by atoms with Crippen molar-refractivity contribution in [3.8, 4) is 6.07 Å². The van der Waals surface area contributed by atoms with Crippen LogP contribution in [0.2, 0.25) is 0 Å². The molecule has 0 bridgehead atoms. The maximum Gasteiger partial charge on any atom is 0.305 e. The molecule has 4 nitrogen and oxygen atoms in total. The van der Waals surface area contributed by atoms with E-state index in [1.165, 1.54) is 7.11 Å². The van der Waals surface area contributed by atoms with Gasteiger partial charge in [0.05, 0.1) is 18.7 Å². The zero-order valence-electron chi connectivity index (χ0n) is 12.1. The van der Waals surface area contributed by atoms with E-state index in [2.05, 4.69) is 17.0 Å². The Balaban J connectivity index is 1.95. The van der Waals surface area contributed by atoms with Gasteiger partial charge in [-0.1, -0.05) is 0 Å². The van der Waals surface area contributed by atoms with Crippen molar-refractivity contribution < 1.29 is 9.53 Å². The molecule has 106 valence electrons. The Labute approximate surface area is 120 Å². The summed E-state index contributed by atoms with van der Waals surface area (Å²) >= 11 is 0. The van der Waals surface area contributed by atoms with Gasteiger partial charge in [0, 0.05) is 25.2 Å². The fourth-order valence-electron chi connectivity index (χ4n) is 2.68. The van der Waals surface area contributed by atoms with E-state index in [-0.39, 0.29) is 5.97 Å². The average molecular weight is 272 g/mol. The van der Waals surface area contributed by atoms with Gasteiger partial charge in [-0.2, -0.15) is 5.26 Å². The number of ether oxygens (including phenoxy) is 1. The fourth-order valence-corrected chi connectivity index (χ4v) is 2.68. The molecule has 0 spiro atoms. The molecular formula is C16H20N2O2. The molecule has 1 aromatic rings. The number of benzene rings is 1. The molecule has 1 aliphatic rings. The Morgan fingerprint density at radius 3 is 2.70 bits per heavy atom. The monoisotopic (exact) mass is 272 g/mol. The van der Waals surface area contributed by atoms with Crippen LogP contribution in [0.25, 0.3) is 0 Å². The molecule has 0 aromatic heterocycles. The van der Waals surface area contributed by atoms with E-state index in [4.69, 9.17) is 10.00 Å². The van der Waals surface area contributed by atoms with Crippen molar-refractivity contribution in [2.75, 3.05) is 25.1 Å². The summed E-state index contributed by atoms with van der Waals surface area (Å²) in [6.45, 7) is 3.87.